The summed E-state index contributed by atoms with van der Waals surface area (Å²) < 4.78 is 1.39. The van der Waals surface area contributed by atoms with E-state index in [9.17, 15) is 0 Å². The van der Waals surface area contributed by atoms with Crippen LogP contribution in [0, 0.1) is 0 Å². The lowest BCUT2D eigenvalue weighted by molar-refractivity contribution is -0.929. The number of piperidine rings is 1. The van der Waals surface area contributed by atoms with E-state index in [4.69, 9.17) is 0 Å². The first kappa shape index (κ1) is 10.9. The fourth-order valence-corrected chi connectivity index (χ4v) is 2.04. The van der Waals surface area contributed by atoms with Gasteiger partial charge in [-0.3, -0.25) is 0 Å². The molecule has 0 aromatic rings. The topological polar surface area (TPSA) is 0 Å². The minimum atomic E-state index is 0. The molecule has 0 amide bonds. The molecule has 1 rings (SSSR count). The van der Waals surface area contributed by atoms with Crippen molar-refractivity contribution < 1.29 is 9.19 Å². The van der Waals surface area contributed by atoms with E-state index in [0.29, 0.717) is 0 Å². The molecule has 0 bridgehead atoms. The third-order valence-electron chi connectivity index (χ3n) is 3.11. The lowest BCUT2D eigenvalue weighted by Gasteiger charge is -2.39. The van der Waals surface area contributed by atoms with E-state index < -0.39 is 0 Å². The number of hydrogen-bond acceptors (Lipinski definition) is 0. The minimum absolute atomic E-state index is 0. The van der Waals surface area contributed by atoms with Gasteiger partial charge in [0.1, 0.15) is 0 Å². The Morgan fingerprint density at radius 2 is 1.36 bits per heavy atom. The molecule has 0 radical (unpaired) electrons. The largest absolute Gasteiger partial charge is 1.00 e. The maximum atomic E-state index is 2.33. The first-order valence-corrected chi connectivity index (χ1v) is 4.68. The van der Waals surface area contributed by atoms with Crippen LogP contribution < -0.4 is 4.70 Å². The molecule has 0 atom stereocenters. The van der Waals surface area contributed by atoms with Gasteiger partial charge in [0.2, 0.25) is 0 Å². The van der Waals surface area contributed by atoms with Crippen LogP contribution in [-0.2, 0) is 0 Å². The Bertz CT molecular complexity index is 91.7. The van der Waals surface area contributed by atoms with Crippen molar-refractivity contribution in [3.8, 4) is 0 Å². The average molecular weight is 161 g/mol. The average Bonchev–Trinajstić information content (AvgIpc) is 2.06. The van der Waals surface area contributed by atoms with Gasteiger partial charge in [-0.15, -0.1) is 0 Å². The lowest BCUT2D eigenvalue weighted by atomic mass is 10.1. The maximum Gasteiger partial charge on any atom is 0.0786 e. The van der Waals surface area contributed by atoms with Crippen molar-refractivity contribution in [1.82, 2.24) is 0 Å². The Kier molecular flexibility index (Phi) is 4.66. The van der Waals surface area contributed by atoms with Crippen LogP contribution >= 0.6 is 0 Å². The van der Waals surface area contributed by atoms with E-state index in [0.717, 1.165) is 0 Å². The molecule has 1 heterocycles. The van der Waals surface area contributed by atoms with Gasteiger partial charge in [-0.1, -0.05) is 0 Å². The van der Waals surface area contributed by atoms with E-state index in [1.54, 1.807) is 0 Å². The van der Waals surface area contributed by atoms with E-state index in [2.05, 4.69) is 13.8 Å². The number of halogens is 1. The van der Waals surface area contributed by atoms with Crippen molar-refractivity contribution in [2.75, 3.05) is 26.2 Å². The Hall–Kier alpha value is -0.110. The quantitative estimate of drug-likeness (QED) is 0.457. The lowest BCUT2D eigenvalue weighted by Crippen LogP contribution is -3.00. The maximum absolute atomic E-state index is 2.33. The Balaban J connectivity index is 0.000001000. The number of likely N-dealkylation sites (tertiary alicyclic amines) is 1. The smallest absolute Gasteiger partial charge is 0.0786 e. The second-order valence-corrected chi connectivity index (χ2v) is 3.48. The van der Waals surface area contributed by atoms with Gasteiger partial charge in [-0.2, -0.15) is 0 Å². The van der Waals surface area contributed by atoms with E-state index >= 15 is 0 Å². The summed E-state index contributed by atoms with van der Waals surface area (Å²) in [5, 5.41) is 0. The summed E-state index contributed by atoms with van der Waals surface area (Å²) in [5.74, 6) is 0. The van der Waals surface area contributed by atoms with E-state index in [1.807, 2.05) is 0 Å². The molecule has 1 fully saturated rings. The molecular formula is C9H20FN. The summed E-state index contributed by atoms with van der Waals surface area (Å²) in [6.07, 6.45) is 4.39. The van der Waals surface area contributed by atoms with Gasteiger partial charge in [0.15, 0.2) is 0 Å². The molecule has 1 aliphatic rings. The van der Waals surface area contributed by atoms with Gasteiger partial charge >= 0.3 is 0 Å². The molecule has 0 saturated carbocycles. The van der Waals surface area contributed by atoms with Crippen molar-refractivity contribution >= 4 is 0 Å². The molecule has 1 aliphatic heterocycles. The third-order valence-corrected chi connectivity index (χ3v) is 3.11. The monoisotopic (exact) mass is 161 g/mol. The van der Waals surface area contributed by atoms with Gasteiger partial charge in [-0.25, -0.2) is 0 Å². The van der Waals surface area contributed by atoms with E-state index in [1.165, 1.54) is 49.9 Å². The highest BCUT2D eigenvalue weighted by Crippen LogP contribution is 2.17. The Labute approximate surface area is 69.4 Å². The van der Waals surface area contributed by atoms with Crippen LogP contribution in [-0.4, -0.2) is 30.7 Å². The molecule has 11 heavy (non-hydrogen) atoms. The molecule has 68 valence electrons. The molecule has 0 aromatic heterocycles. The predicted octanol–water partition coefficient (Wildman–Crippen LogP) is -0.969. The second-order valence-electron chi connectivity index (χ2n) is 3.48. The van der Waals surface area contributed by atoms with Crippen LogP contribution in [0.5, 0.6) is 0 Å². The van der Waals surface area contributed by atoms with Crippen LogP contribution in [0.25, 0.3) is 0 Å². The van der Waals surface area contributed by atoms with E-state index in [-0.39, 0.29) is 4.70 Å². The van der Waals surface area contributed by atoms with Gasteiger partial charge in [0.05, 0.1) is 26.2 Å². The summed E-state index contributed by atoms with van der Waals surface area (Å²) in [4.78, 5) is 0. The Morgan fingerprint density at radius 3 is 1.64 bits per heavy atom. The Morgan fingerprint density at radius 1 is 0.909 bits per heavy atom. The first-order valence-electron chi connectivity index (χ1n) is 4.68. The zero-order chi connectivity index (χ0) is 7.45. The van der Waals surface area contributed by atoms with Crippen LogP contribution in [0.3, 0.4) is 0 Å². The molecule has 1 nitrogen and oxygen atoms in total. The molecule has 2 heteroatoms. The summed E-state index contributed by atoms with van der Waals surface area (Å²) in [6, 6.07) is 0. The number of quaternary nitrogens is 1. The molecule has 0 aliphatic carbocycles. The third kappa shape index (κ3) is 2.44. The van der Waals surface area contributed by atoms with Gasteiger partial charge in [-0.05, 0) is 33.1 Å². The highest BCUT2D eigenvalue weighted by molar-refractivity contribution is 4.51. The second kappa shape index (κ2) is 4.70. The predicted molar refractivity (Wildman–Crippen MR) is 44.9 cm³/mol. The normalized spacial score (nSPS) is 22.4. The molecule has 1 saturated heterocycles. The SMILES string of the molecule is CC[N+]1(CC)CCCCC1.[F-]. The van der Waals surface area contributed by atoms with Crippen molar-refractivity contribution in [2.45, 2.75) is 33.1 Å². The fraction of sp³-hybridized carbons (Fsp3) is 1.00. The highest BCUT2D eigenvalue weighted by atomic mass is 19.0. The molecule has 0 spiro atoms. The van der Waals surface area contributed by atoms with Crippen molar-refractivity contribution in [3.05, 3.63) is 0 Å². The molecule has 0 unspecified atom stereocenters. The number of rotatable bonds is 2. The standard InChI is InChI=1S/C9H20N.FH/c1-3-10(4-2)8-6-5-7-9-10;/h3-9H2,1-2H3;1H/q+1;/p-1. The summed E-state index contributed by atoms with van der Waals surface area (Å²) in [5.41, 5.74) is 0. The van der Waals surface area contributed by atoms with Crippen molar-refractivity contribution in [1.29, 1.82) is 0 Å². The first-order chi connectivity index (χ1) is 4.83. The van der Waals surface area contributed by atoms with Gasteiger partial charge in [0.25, 0.3) is 0 Å². The zero-order valence-corrected chi connectivity index (χ0v) is 7.77. The van der Waals surface area contributed by atoms with Crippen molar-refractivity contribution in [3.63, 3.8) is 0 Å². The van der Waals surface area contributed by atoms with Gasteiger partial charge < -0.3 is 9.19 Å². The van der Waals surface area contributed by atoms with Crippen molar-refractivity contribution in [2.24, 2.45) is 0 Å². The summed E-state index contributed by atoms with van der Waals surface area (Å²) in [7, 11) is 0. The summed E-state index contributed by atoms with van der Waals surface area (Å²) >= 11 is 0. The van der Waals surface area contributed by atoms with Gasteiger partial charge in [0, 0.05) is 0 Å². The number of hydrogen-bond donors (Lipinski definition) is 0. The van der Waals surface area contributed by atoms with Crippen LogP contribution in [0.2, 0.25) is 0 Å². The minimum Gasteiger partial charge on any atom is -1.00 e. The summed E-state index contributed by atoms with van der Waals surface area (Å²) in [6.45, 7) is 10.2. The molecule has 0 N–H and O–H groups in total. The van der Waals surface area contributed by atoms with Crippen LogP contribution in [0.4, 0.5) is 0 Å². The van der Waals surface area contributed by atoms with Crippen LogP contribution in [0.15, 0.2) is 0 Å². The fourth-order valence-electron chi connectivity index (χ4n) is 2.04. The van der Waals surface area contributed by atoms with Crippen LogP contribution in [0.1, 0.15) is 33.1 Å². The molecule has 0 aromatic carbocycles. The molecular weight excluding hydrogens is 141 g/mol. The number of nitrogens with zero attached hydrogens (tertiary/aromatic N) is 1. The zero-order valence-electron chi connectivity index (χ0n) is 7.77. The highest BCUT2D eigenvalue weighted by Gasteiger charge is 2.24.